The van der Waals surface area contributed by atoms with Crippen LogP contribution in [0.15, 0.2) is 47.9 Å². The van der Waals surface area contributed by atoms with Gasteiger partial charge in [0.15, 0.2) is 9.84 Å². The molecule has 0 radical (unpaired) electrons. The van der Waals surface area contributed by atoms with E-state index in [1.807, 2.05) is 0 Å². The third-order valence-electron chi connectivity index (χ3n) is 2.78. The van der Waals surface area contributed by atoms with Crippen molar-refractivity contribution in [3.63, 3.8) is 0 Å². The Morgan fingerprint density at radius 3 is 2.48 bits per heavy atom. The lowest BCUT2D eigenvalue weighted by Crippen LogP contribution is -2.00. The number of nitrogens with two attached hydrogens (primary N) is 1. The van der Waals surface area contributed by atoms with Crippen molar-refractivity contribution in [2.24, 2.45) is 0 Å². The summed E-state index contributed by atoms with van der Waals surface area (Å²) in [6.07, 6.45) is 1.40. The molecular weight excluding hydrogens is 313 g/mol. The van der Waals surface area contributed by atoms with Gasteiger partial charge in [-0.1, -0.05) is 23.7 Å². The third kappa shape index (κ3) is 4.58. The second-order valence-electron chi connectivity index (χ2n) is 4.51. The SMILES string of the molecule is Nc1ccc(Cl)cc1C=CS(=O)(=O)Cc1ccc(F)cc1. The lowest BCUT2D eigenvalue weighted by atomic mass is 10.2. The van der Waals surface area contributed by atoms with Gasteiger partial charge in [0.1, 0.15) is 5.82 Å². The summed E-state index contributed by atoms with van der Waals surface area (Å²) in [5.74, 6) is -0.608. The molecule has 0 aliphatic rings. The lowest BCUT2D eigenvalue weighted by molar-refractivity contribution is 0.603. The van der Waals surface area contributed by atoms with Gasteiger partial charge in [0.2, 0.25) is 0 Å². The van der Waals surface area contributed by atoms with E-state index in [4.69, 9.17) is 17.3 Å². The predicted octanol–water partition coefficient (Wildman–Crippen LogP) is 3.65. The highest BCUT2D eigenvalue weighted by Gasteiger charge is 2.08. The van der Waals surface area contributed by atoms with Gasteiger partial charge < -0.3 is 5.73 Å². The number of anilines is 1. The van der Waals surface area contributed by atoms with Crippen LogP contribution >= 0.6 is 11.6 Å². The highest BCUT2D eigenvalue weighted by Crippen LogP contribution is 2.20. The standard InChI is InChI=1S/C15H13ClFNO2S/c16-13-3-6-15(18)12(9-13)7-8-21(19,20)10-11-1-4-14(17)5-2-11/h1-9H,10,18H2. The maximum atomic E-state index is 12.8. The summed E-state index contributed by atoms with van der Waals surface area (Å²) in [6.45, 7) is 0. The van der Waals surface area contributed by atoms with E-state index in [1.54, 1.807) is 18.2 Å². The fourth-order valence-electron chi connectivity index (χ4n) is 1.73. The van der Waals surface area contributed by atoms with Crippen molar-refractivity contribution in [1.82, 2.24) is 0 Å². The molecule has 0 bridgehead atoms. The molecule has 6 heteroatoms. The van der Waals surface area contributed by atoms with Crippen LogP contribution in [0.1, 0.15) is 11.1 Å². The van der Waals surface area contributed by atoms with Crippen molar-refractivity contribution >= 4 is 33.2 Å². The van der Waals surface area contributed by atoms with Gasteiger partial charge in [-0.15, -0.1) is 0 Å². The van der Waals surface area contributed by atoms with Crippen LogP contribution in [0.4, 0.5) is 10.1 Å². The average Bonchev–Trinajstić information content (AvgIpc) is 2.42. The van der Waals surface area contributed by atoms with Crippen molar-refractivity contribution in [1.29, 1.82) is 0 Å². The summed E-state index contributed by atoms with van der Waals surface area (Å²) >= 11 is 5.84. The number of nitrogen functional groups attached to an aromatic ring is 1. The predicted molar refractivity (Wildman–Crippen MR) is 83.9 cm³/mol. The lowest BCUT2D eigenvalue weighted by Gasteiger charge is -2.02. The molecule has 0 atom stereocenters. The largest absolute Gasteiger partial charge is 0.398 e. The molecule has 0 amide bonds. The number of hydrogen-bond donors (Lipinski definition) is 1. The molecule has 0 aliphatic carbocycles. The van der Waals surface area contributed by atoms with Crippen LogP contribution in [-0.2, 0) is 15.6 Å². The van der Waals surface area contributed by atoms with Crippen LogP contribution in [0.25, 0.3) is 6.08 Å². The van der Waals surface area contributed by atoms with Crippen LogP contribution in [0.3, 0.4) is 0 Å². The minimum atomic E-state index is -3.48. The van der Waals surface area contributed by atoms with Crippen molar-refractivity contribution < 1.29 is 12.8 Å². The Morgan fingerprint density at radius 2 is 1.81 bits per heavy atom. The normalized spacial score (nSPS) is 11.9. The van der Waals surface area contributed by atoms with Gasteiger partial charge in [-0.25, -0.2) is 12.8 Å². The van der Waals surface area contributed by atoms with Crippen molar-refractivity contribution in [2.75, 3.05) is 5.73 Å². The molecule has 0 aromatic heterocycles. The van der Waals surface area contributed by atoms with E-state index in [-0.39, 0.29) is 5.75 Å². The minimum absolute atomic E-state index is 0.204. The first-order valence-corrected chi connectivity index (χ1v) is 8.15. The summed E-state index contributed by atoms with van der Waals surface area (Å²) < 4.78 is 36.8. The van der Waals surface area contributed by atoms with E-state index >= 15 is 0 Å². The molecule has 0 saturated heterocycles. The zero-order chi connectivity index (χ0) is 15.5. The molecule has 0 heterocycles. The molecule has 2 rings (SSSR count). The maximum Gasteiger partial charge on any atom is 0.175 e. The fraction of sp³-hybridized carbons (Fsp3) is 0.0667. The molecule has 0 aliphatic heterocycles. The quantitative estimate of drug-likeness (QED) is 0.873. The van der Waals surface area contributed by atoms with E-state index < -0.39 is 15.7 Å². The number of sulfone groups is 1. The van der Waals surface area contributed by atoms with E-state index in [0.29, 0.717) is 21.8 Å². The first-order chi connectivity index (χ1) is 9.85. The van der Waals surface area contributed by atoms with Crippen LogP contribution in [-0.4, -0.2) is 8.42 Å². The van der Waals surface area contributed by atoms with E-state index in [2.05, 4.69) is 0 Å². The maximum absolute atomic E-state index is 12.8. The molecule has 0 saturated carbocycles. The monoisotopic (exact) mass is 325 g/mol. The fourth-order valence-corrected chi connectivity index (χ4v) is 3.02. The van der Waals surface area contributed by atoms with E-state index in [1.165, 1.54) is 30.3 Å². The summed E-state index contributed by atoms with van der Waals surface area (Å²) in [5.41, 5.74) is 7.23. The molecule has 21 heavy (non-hydrogen) atoms. The Morgan fingerprint density at radius 1 is 1.14 bits per heavy atom. The van der Waals surface area contributed by atoms with Gasteiger partial charge in [0.25, 0.3) is 0 Å². The van der Waals surface area contributed by atoms with Crippen molar-refractivity contribution in [3.05, 3.63) is 69.8 Å². The van der Waals surface area contributed by atoms with Crippen LogP contribution < -0.4 is 5.73 Å². The van der Waals surface area contributed by atoms with Gasteiger partial charge in [0.05, 0.1) is 5.75 Å². The smallest absolute Gasteiger partial charge is 0.175 e. The summed E-state index contributed by atoms with van der Waals surface area (Å²) in [7, 11) is -3.48. The first-order valence-electron chi connectivity index (χ1n) is 6.06. The summed E-state index contributed by atoms with van der Waals surface area (Å²) in [5, 5.41) is 1.55. The van der Waals surface area contributed by atoms with Gasteiger partial charge in [-0.2, -0.15) is 0 Å². The Bertz CT molecular complexity index is 771. The Labute approximate surface area is 127 Å². The first kappa shape index (κ1) is 15.5. The highest BCUT2D eigenvalue weighted by molar-refractivity contribution is 7.93. The zero-order valence-corrected chi connectivity index (χ0v) is 12.5. The Kier molecular flexibility index (Phi) is 4.65. The zero-order valence-electron chi connectivity index (χ0n) is 11.0. The van der Waals surface area contributed by atoms with Gasteiger partial charge in [-0.05, 0) is 47.5 Å². The summed E-state index contributed by atoms with van der Waals surface area (Å²) in [4.78, 5) is 0. The molecule has 3 nitrogen and oxygen atoms in total. The topological polar surface area (TPSA) is 60.2 Å². The average molecular weight is 326 g/mol. The summed E-state index contributed by atoms with van der Waals surface area (Å²) in [6, 6.07) is 10.1. The molecule has 0 spiro atoms. The molecule has 2 aromatic carbocycles. The second-order valence-corrected chi connectivity index (χ2v) is 6.83. The van der Waals surface area contributed by atoms with E-state index in [9.17, 15) is 12.8 Å². The highest BCUT2D eigenvalue weighted by atomic mass is 35.5. The van der Waals surface area contributed by atoms with Crippen molar-refractivity contribution in [3.8, 4) is 0 Å². The van der Waals surface area contributed by atoms with Crippen LogP contribution in [0.5, 0.6) is 0 Å². The van der Waals surface area contributed by atoms with Gasteiger partial charge >= 0.3 is 0 Å². The van der Waals surface area contributed by atoms with E-state index in [0.717, 1.165) is 5.41 Å². The van der Waals surface area contributed by atoms with Crippen LogP contribution in [0, 0.1) is 5.82 Å². The molecule has 2 N–H and O–H groups in total. The number of rotatable bonds is 4. The molecule has 110 valence electrons. The molecule has 0 unspecified atom stereocenters. The molecule has 2 aromatic rings. The number of benzene rings is 2. The number of hydrogen-bond acceptors (Lipinski definition) is 3. The van der Waals surface area contributed by atoms with Crippen LogP contribution in [0.2, 0.25) is 5.02 Å². The molecule has 0 fully saturated rings. The Hall–Kier alpha value is -1.85. The number of halogens is 2. The Balaban J connectivity index is 2.18. The van der Waals surface area contributed by atoms with Crippen molar-refractivity contribution in [2.45, 2.75) is 5.75 Å². The minimum Gasteiger partial charge on any atom is -0.398 e. The molecular formula is C15H13ClFNO2S. The van der Waals surface area contributed by atoms with Gasteiger partial charge in [0, 0.05) is 16.1 Å². The second kappa shape index (κ2) is 6.28. The van der Waals surface area contributed by atoms with Gasteiger partial charge in [-0.3, -0.25) is 0 Å². The third-order valence-corrected chi connectivity index (χ3v) is 4.31.